The summed E-state index contributed by atoms with van der Waals surface area (Å²) in [5.41, 5.74) is 0. The Hall–Kier alpha value is 1.08. The minimum absolute atomic E-state index is 0.985. The van der Waals surface area contributed by atoms with E-state index in [0.717, 1.165) is 3.92 Å². The molecule has 1 heterocycles. The summed E-state index contributed by atoms with van der Waals surface area (Å²) in [5, 5.41) is 0. The van der Waals surface area contributed by atoms with Gasteiger partial charge in [-0.3, -0.25) is 0 Å². The molecular weight excluding hydrogens is 219 g/mol. The second-order valence-corrected chi connectivity index (χ2v) is 4.77. The van der Waals surface area contributed by atoms with Crippen LogP contribution < -0.4 is 0 Å². The van der Waals surface area contributed by atoms with Gasteiger partial charge in [0, 0.05) is 3.92 Å². The van der Waals surface area contributed by atoms with Gasteiger partial charge < -0.3 is 0 Å². The first-order chi connectivity index (χ1) is 3.39. The molecule has 0 radical (unpaired) electrons. The van der Waals surface area contributed by atoms with Gasteiger partial charge in [-0.1, -0.05) is 22.6 Å². The van der Waals surface area contributed by atoms with Crippen LogP contribution in [0.25, 0.3) is 0 Å². The molecule has 0 unspecified atom stereocenters. The Balaban J connectivity index is 2.12. The molecule has 0 nitrogen and oxygen atoms in total. The Morgan fingerprint density at radius 3 is 2.14 bits per heavy atom. The summed E-state index contributed by atoms with van der Waals surface area (Å²) < 4.78 is 0.985. The van der Waals surface area contributed by atoms with E-state index in [9.17, 15) is 0 Å². The third-order valence-corrected chi connectivity index (χ3v) is 3.45. The molecular formula is C5H9IS. The van der Waals surface area contributed by atoms with Crippen molar-refractivity contribution < 1.29 is 0 Å². The largest absolute Gasteiger partial charge is 0.162 e. The molecule has 0 aliphatic carbocycles. The standard InChI is InChI=1S/C5H9IS/c6-5-1-3-7-4-2-5/h5H,1-4H2. The summed E-state index contributed by atoms with van der Waals surface area (Å²) in [6.45, 7) is 0. The van der Waals surface area contributed by atoms with Crippen LogP contribution in [0.4, 0.5) is 0 Å². The second kappa shape index (κ2) is 3.17. The lowest BCUT2D eigenvalue weighted by Crippen LogP contribution is -2.06. The van der Waals surface area contributed by atoms with Crippen LogP contribution in [0.5, 0.6) is 0 Å². The zero-order valence-corrected chi connectivity index (χ0v) is 7.17. The fourth-order valence-electron chi connectivity index (χ4n) is 0.669. The van der Waals surface area contributed by atoms with E-state index in [1.807, 2.05) is 0 Å². The number of rotatable bonds is 0. The molecule has 1 fully saturated rings. The topological polar surface area (TPSA) is 0 Å². The van der Waals surface area contributed by atoms with Crippen molar-refractivity contribution in [2.24, 2.45) is 0 Å². The average molecular weight is 228 g/mol. The molecule has 0 aromatic rings. The molecule has 0 spiro atoms. The van der Waals surface area contributed by atoms with Crippen molar-refractivity contribution in [1.29, 1.82) is 0 Å². The highest BCUT2D eigenvalue weighted by molar-refractivity contribution is 14.1. The van der Waals surface area contributed by atoms with Crippen molar-refractivity contribution in [2.45, 2.75) is 16.8 Å². The highest BCUT2D eigenvalue weighted by atomic mass is 127. The molecule has 0 aromatic carbocycles. The molecule has 2 heteroatoms. The van der Waals surface area contributed by atoms with Gasteiger partial charge in [0.1, 0.15) is 0 Å². The van der Waals surface area contributed by atoms with Crippen LogP contribution in [0.1, 0.15) is 12.8 Å². The smallest absolute Gasteiger partial charge is 0.0125 e. The summed E-state index contributed by atoms with van der Waals surface area (Å²) in [6, 6.07) is 0. The molecule has 0 N–H and O–H groups in total. The first kappa shape index (κ1) is 6.20. The van der Waals surface area contributed by atoms with Gasteiger partial charge in [-0.15, -0.1) is 0 Å². The van der Waals surface area contributed by atoms with Gasteiger partial charge in [0.05, 0.1) is 0 Å². The number of hydrogen-bond acceptors (Lipinski definition) is 1. The van der Waals surface area contributed by atoms with Crippen LogP contribution in [0.2, 0.25) is 0 Å². The lowest BCUT2D eigenvalue weighted by Gasteiger charge is -2.13. The van der Waals surface area contributed by atoms with Crippen molar-refractivity contribution in [3.05, 3.63) is 0 Å². The summed E-state index contributed by atoms with van der Waals surface area (Å²) >= 11 is 4.64. The summed E-state index contributed by atoms with van der Waals surface area (Å²) in [7, 11) is 0. The lowest BCUT2D eigenvalue weighted by atomic mass is 10.3. The third-order valence-electron chi connectivity index (χ3n) is 1.15. The van der Waals surface area contributed by atoms with E-state index >= 15 is 0 Å². The summed E-state index contributed by atoms with van der Waals surface area (Å²) in [6.07, 6.45) is 2.87. The average Bonchev–Trinajstić information content (AvgIpc) is 1.69. The molecule has 0 saturated carbocycles. The van der Waals surface area contributed by atoms with Gasteiger partial charge in [0.25, 0.3) is 0 Å². The molecule has 0 amide bonds. The predicted molar refractivity (Wildman–Crippen MR) is 44.4 cm³/mol. The predicted octanol–water partition coefficient (Wildman–Crippen LogP) is 2.32. The normalized spacial score (nSPS) is 25.3. The van der Waals surface area contributed by atoms with E-state index in [4.69, 9.17) is 0 Å². The van der Waals surface area contributed by atoms with E-state index in [2.05, 4.69) is 34.4 Å². The maximum atomic E-state index is 2.54. The first-order valence-electron chi connectivity index (χ1n) is 2.61. The van der Waals surface area contributed by atoms with Crippen LogP contribution >= 0.6 is 34.4 Å². The van der Waals surface area contributed by atoms with Gasteiger partial charge in [-0.25, -0.2) is 0 Å². The summed E-state index contributed by atoms with van der Waals surface area (Å²) in [4.78, 5) is 0. The molecule has 42 valence electrons. The van der Waals surface area contributed by atoms with Crippen LogP contribution in [0.15, 0.2) is 0 Å². The monoisotopic (exact) mass is 228 g/mol. The van der Waals surface area contributed by atoms with E-state index in [-0.39, 0.29) is 0 Å². The van der Waals surface area contributed by atoms with Crippen molar-refractivity contribution in [3.8, 4) is 0 Å². The maximum absolute atomic E-state index is 2.54. The fourth-order valence-corrected chi connectivity index (χ4v) is 3.24. The molecule has 1 saturated heterocycles. The second-order valence-electron chi connectivity index (χ2n) is 1.79. The van der Waals surface area contributed by atoms with Gasteiger partial charge in [-0.05, 0) is 24.3 Å². The molecule has 1 aliphatic heterocycles. The minimum atomic E-state index is 0.985. The highest BCUT2D eigenvalue weighted by Crippen LogP contribution is 2.22. The Morgan fingerprint density at radius 1 is 1.29 bits per heavy atom. The van der Waals surface area contributed by atoms with E-state index in [1.165, 1.54) is 24.3 Å². The SMILES string of the molecule is IC1CCSCC1. The minimum Gasteiger partial charge on any atom is -0.162 e. The Labute approximate surface area is 62.6 Å². The molecule has 7 heavy (non-hydrogen) atoms. The van der Waals surface area contributed by atoms with Crippen LogP contribution in [-0.2, 0) is 0 Å². The Kier molecular flexibility index (Phi) is 2.81. The van der Waals surface area contributed by atoms with Gasteiger partial charge in [0.2, 0.25) is 0 Å². The van der Waals surface area contributed by atoms with Gasteiger partial charge in [0.15, 0.2) is 0 Å². The Bertz CT molecular complexity index is 50.0. The van der Waals surface area contributed by atoms with Crippen LogP contribution in [-0.4, -0.2) is 15.4 Å². The zero-order chi connectivity index (χ0) is 5.11. The quantitative estimate of drug-likeness (QED) is 0.453. The maximum Gasteiger partial charge on any atom is 0.0125 e. The number of thioether (sulfide) groups is 1. The van der Waals surface area contributed by atoms with Crippen LogP contribution in [0.3, 0.4) is 0 Å². The third kappa shape index (κ3) is 2.22. The molecule has 1 aliphatic rings. The number of hydrogen-bond donors (Lipinski definition) is 0. The van der Waals surface area contributed by atoms with Crippen molar-refractivity contribution in [3.63, 3.8) is 0 Å². The number of alkyl halides is 1. The fraction of sp³-hybridized carbons (Fsp3) is 1.00. The summed E-state index contributed by atoms with van der Waals surface area (Å²) in [5.74, 6) is 2.79. The van der Waals surface area contributed by atoms with E-state index < -0.39 is 0 Å². The molecule has 1 rings (SSSR count). The molecule has 0 bridgehead atoms. The molecule has 0 atom stereocenters. The van der Waals surface area contributed by atoms with E-state index in [0.29, 0.717) is 0 Å². The van der Waals surface area contributed by atoms with Gasteiger partial charge >= 0.3 is 0 Å². The highest BCUT2D eigenvalue weighted by Gasteiger charge is 2.07. The van der Waals surface area contributed by atoms with Gasteiger partial charge in [-0.2, -0.15) is 11.8 Å². The van der Waals surface area contributed by atoms with Crippen molar-refractivity contribution >= 4 is 34.4 Å². The Morgan fingerprint density at radius 2 is 1.86 bits per heavy atom. The zero-order valence-electron chi connectivity index (χ0n) is 4.19. The van der Waals surface area contributed by atoms with Crippen LogP contribution in [0, 0.1) is 0 Å². The number of halogens is 1. The van der Waals surface area contributed by atoms with Crippen molar-refractivity contribution in [2.75, 3.05) is 11.5 Å². The molecule has 0 aromatic heterocycles. The lowest BCUT2D eigenvalue weighted by molar-refractivity contribution is 0.812. The van der Waals surface area contributed by atoms with Crippen molar-refractivity contribution in [1.82, 2.24) is 0 Å². The first-order valence-corrected chi connectivity index (χ1v) is 5.01. The van der Waals surface area contributed by atoms with E-state index in [1.54, 1.807) is 0 Å².